The maximum Gasteiger partial charge on any atom is 0.0236 e. The van der Waals surface area contributed by atoms with Crippen LogP contribution in [0.2, 0.25) is 0 Å². The van der Waals surface area contributed by atoms with E-state index in [1.54, 1.807) is 0 Å². The molecule has 0 N–H and O–H groups in total. The molecule has 1 unspecified atom stereocenters. The lowest BCUT2D eigenvalue weighted by atomic mass is 9.90. The predicted octanol–water partition coefficient (Wildman–Crippen LogP) is 3.55. The summed E-state index contributed by atoms with van der Waals surface area (Å²) in [6, 6.07) is 1.55. The summed E-state index contributed by atoms with van der Waals surface area (Å²) >= 11 is 0. The molecule has 0 aromatic rings. The molecule has 2 heterocycles. The van der Waals surface area contributed by atoms with Crippen molar-refractivity contribution >= 4 is 0 Å². The number of hydrogen-bond acceptors (Lipinski definition) is 3. The monoisotopic (exact) mass is 323 g/mol. The van der Waals surface area contributed by atoms with Crippen molar-refractivity contribution in [1.29, 1.82) is 0 Å². The summed E-state index contributed by atoms with van der Waals surface area (Å²) in [5, 5.41) is 0. The third-order valence-corrected chi connectivity index (χ3v) is 6.05. The minimum Gasteiger partial charge on any atom is -0.302 e. The van der Waals surface area contributed by atoms with Crippen LogP contribution in [-0.2, 0) is 0 Å². The Bertz CT molecular complexity index is 339. The molecule has 3 nitrogen and oxygen atoms in total. The highest BCUT2D eigenvalue weighted by Crippen LogP contribution is 2.23. The van der Waals surface area contributed by atoms with Crippen molar-refractivity contribution in [1.82, 2.24) is 14.7 Å². The first-order valence-electron chi connectivity index (χ1n) is 9.97. The molecule has 23 heavy (non-hydrogen) atoms. The average molecular weight is 324 g/mol. The summed E-state index contributed by atoms with van der Waals surface area (Å²) in [7, 11) is 0. The van der Waals surface area contributed by atoms with Crippen LogP contribution in [0.3, 0.4) is 0 Å². The van der Waals surface area contributed by atoms with Gasteiger partial charge < -0.3 is 4.90 Å². The highest BCUT2D eigenvalue weighted by Gasteiger charge is 2.31. The van der Waals surface area contributed by atoms with Crippen molar-refractivity contribution in [2.75, 3.05) is 45.8 Å². The topological polar surface area (TPSA) is 9.72 Å². The van der Waals surface area contributed by atoms with E-state index in [2.05, 4.69) is 56.2 Å². The van der Waals surface area contributed by atoms with E-state index in [1.807, 2.05) is 0 Å². The molecule has 0 aliphatic carbocycles. The first kappa shape index (κ1) is 19.2. The quantitative estimate of drug-likeness (QED) is 0.740. The standard InChI is InChI=1S/C20H41N3/c1-17(2)18(3)22-12-14-23(15-13-22)19-8-11-21(16-19)10-7-9-20(4,5)6/h17-19H,7-16H2,1-6H3/t18-,19?/m1/s1. The molecule has 2 aliphatic rings. The van der Waals surface area contributed by atoms with Gasteiger partial charge in [-0.2, -0.15) is 0 Å². The second-order valence-electron chi connectivity index (χ2n) is 9.46. The van der Waals surface area contributed by atoms with E-state index in [9.17, 15) is 0 Å². The third-order valence-electron chi connectivity index (χ3n) is 6.05. The molecule has 0 amide bonds. The Kier molecular flexibility index (Phi) is 6.94. The Morgan fingerprint density at radius 3 is 2.17 bits per heavy atom. The predicted molar refractivity (Wildman–Crippen MR) is 101 cm³/mol. The lowest BCUT2D eigenvalue weighted by Crippen LogP contribution is -2.54. The fraction of sp³-hybridized carbons (Fsp3) is 1.00. The van der Waals surface area contributed by atoms with Gasteiger partial charge in [0.05, 0.1) is 0 Å². The zero-order valence-corrected chi connectivity index (χ0v) is 16.6. The van der Waals surface area contributed by atoms with Crippen LogP contribution in [0.1, 0.15) is 60.8 Å². The first-order valence-corrected chi connectivity index (χ1v) is 9.97. The van der Waals surface area contributed by atoms with E-state index in [4.69, 9.17) is 0 Å². The smallest absolute Gasteiger partial charge is 0.0236 e. The second-order valence-corrected chi connectivity index (χ2v) is 9.46. The molecule has 136 valence electrons. The van der Waals surface area contributed by atoms with Crippen LogP contribution in [0.5, 0.6) is 0 Å². The van der Waals surface area contributed by atoms with Crippen molar-refractivity contribution in [3.8, 4) is 0 Å². The molecule has 0 radical (unpaired) electrons. The Hall–Kier alpha value is -0.120. The van der Waals surface area contributed by atoms with Crippen LogP contribution < -0.4 is 0 Å². The van der Waals surface area contributed by atoms with E-state index in [0.29, 0.717) is 5.41 Å². The minimum absolute atomic E-state index is 0.489. The Balaban J connectivity index is 1.68. The first-order chi connectivity index (χ1) is 10.8. The number of rotatable bonds is 6. The van der Waals surface area contributed by atoms with Crippen molar-refractivity contribution in [3.63, 3.8) is 0 Å². The number of likely N-dealkylation sites (tertiary alicyclic amines) is 1. The van der Waals surface area contributed by atoms with Gasteiger partial charge in [0.2, 0.25) is 0 Å². The summed E-state index contributed by atoms with van der Waals surface area (Å²) in [4.78, 5) is 8.17. The van der Waals surface area contributed by atoms with Crippen molar-refractivity contribution in [2.45, 2.75) is 72.9 Å². The molecule has 0 bridgehead atoms. The number of hydrogen-bond donors (Lipinski definition) is 0. The fourth-order valence-corrected chi connectivity index (χ4v) is 4.08. The molecule has 0 spiro atoms. The summed E-state index contributed by atoms with van der Waals surface area (Å²) in [5.74, 6) is 0.770. The van der Waals surface area contributed by atoms with Crippen LogP contribution in [0.4, 0.5) is 0 Å². The van der Waals surface area contributed by atoms with Gasteiger partial charge in [-0.15, -0.1) is 0 Å². The maximum atomic E-state index is 2.77. The van der Waals surface area contributed by atoms with Crippen molar-refractivity contribution < 1.29 is 0 Å². The van der Waals surface area contributed by atoms with E-state index < -0.39 is 0 Å². The largest absolute Gasteiger partial charge is 0.302 e. The molecule has 0 saturated carbocycles. The highest BCUT2D eigenvalue weighted by molar-refractivity contribution is 4.87. The van der Waals surface area contributed by atoms with Crippen LogP contribution in [0.15, 0.2) is 0 Å². The normalized spacial score (nSPS) is 27.0. The minimum atomic E-state index is 0.489. The highest BCUT2D eigenvalue weighted by atomic mass is 15.3. The number of piperazine rings is 1. The molecular weight excluding hydrogens is 282 g/mol. The zero-order chi connectivity index (χ0) is 17.0. The number of nitrogens with zero attached hydrogens (tertiary/aromatic N) is 3. The van der Waals surface area contributed by atoms with Crippen LogP contribution in [0.25, 0.3) is 0 Å². The second kappa shape index (κ2) is 8.31. The van der Waals surface area contributed by atoms with Crippen LogP contribution in [-0.4, -0.2) is 72.6 Å². The van der Waals surface area contributed by atoms with Gasteiger partial charge in [0.15, 0.2) is 0 Å². The summed E-state index contributed by atoms with van der Waals surface area (Å²) in [5.41, 5.74) is 0.489. The summed E-state index contributed by atoms with van der Waals surface area (Å²) < 4.78 is 0. The van der Waals surface area contributed by atoms with Gasteiger partial charge in [-0.05, 0) is 50.6 Å². The fourth-order valence-electron chi connectivity index (χ4n) is 4.08. The van der Waals surface area contributed by atoms with Gasteiger partial charge in [0, 0.05) is 44.8 Å². The van der Waals surface area contributed by atoms with Crippen LogP contribution >= 0.6 is 0 Å². The molecule has 2 rings (SSSR count). The zero-order valence-electron chi connectivity index (χ0n) is 16.6. The molecule has 2 aliphatic heterocycles. The molecule has 2 atom stereocenters. The molecular formula is C20H41N3. The SMILES string of the molecule is CC(C)[C@@H](C)N1CCN(C2CCN(CCCC(C)(C)C)C2)CC1. The Labute approximate surface area is 145 Å². The van der Waals surface area contributed by atoms with Gasteiger partial charge in [-0.3, -0.25) is 9.80 Å². The van der Waals surface area contributed by atoms with Gasteiger partial charge in [-0.1, -0.05) is 34.6 Å². The molecule has 0 aromatic carbocycles. The summed E-state index contributed by atoms with van der Waals surface area (Å²) in [6.07, 6.45) is 4.09. The van der Waals surface area contributed by atoms with Crippen molar-refractivity contribution in [3.05, 3.63) is 0 Å². The maximum absolute atomic E-state index is 2.77. The Morgan fingerprint density at radius 1 is 0.957 bits per heavy atom. The molecule has 3 heteroatoms. The van der Waals surface area contributed by atoms with Gasteiger partial charge in [0.1, 0.15) is 0 Å². The average Bonchev–Trinajstić information content (AvgIpc) is 2.94. The Morgan fingerprint density at radius 2 is 1.61 bits per heavy atom. The van der Waals surface area contributed by atoms with E-state index in [0.717, 1.165) is 18.0 Å². The molecule has 2 fully saturated rings. The van der Waals surface area contributed by atoms with Gasteiger partial charge in [0.25, 0.3) is 0 Å². The van der Waals surface area contributed by atoms with Crippen LogP contribution in [0, 0.1) is 11.3 Å². The van der Waals surface area contributed by atoms with Gasteiger partial charge in [-0.25, -0.2) is 0 Å². The van der Waals surface area contributed by atoms with E-state index >= 15 is 0 Å². The van der Waals surface area contributed by atoms with E-state index in [-0.39, 0.29) is 0 Å². The van der Waals surface area contributed by atoms with Crippen molar-refractivity contribution in [2.24, 2.45) is 11.3 Å². The summed E-state index contributed by atoms with van der Waals surface area (Å²) in [6.45, 7) is 23.2. The lowest BCUT2D eigenvalue weighted by Gasteiger charge is -2.41. The molecule has 2 saturated heterocycles. The lowest BCUT2D eigenvalue weighted by molar-refractivity contribution is 0.0618. The third kappa shape index (κ3) is 6.03. The molecule has 0 aromatic heterocycles. The van der Waals surface area contributed by atoms with Gasteiger partial charge >= 0.3 is 0 Å². The van der Waals surface area contributed by atoms with E-state index in [1.165, 1.54) is 65.1 Å².